The summed E-state index contributed by atoms with van der Waals surface area (Å²) in [6.45, 7) is 6.15. The molecule has 2 aromatic carbocycles. The molecule has 0 saturated carbocycles. The molecule has 0 aliphatic rings. The third-order valence-corrected chi connectivity index (χ3v) is 5.51. The van der Waals surface area contributed by atoms with E-state index in [0.29, 0.717) is 11.4 Å². The van der Waals surface area contributed by atoms with Gasteiger partial charge in [0.1, 0.15) is 0 Å². The normalized spacial score (nSPS) is 11.3. The second-order valence-electron chi connectivity index (χ2n) is 8.34. The van der Waals surface area contributed by atoms with Crippen molar-refractivity contribution in [2.45, 2.75) is 39.5 Å². The number of hydrogen-bond acceptors (Lipinski definition) is 3. The van der Waals surface area contributed by atoms with Crippen LogP contribution >= 0.6 is 0 Å². The Morgan fingerprint density at radius 2 is 1.13 bits per heavy atom. The molecule has 0 fully saturated rings. The van der Waals surface area contributed by atoms with Gasteiger partial charge in [0.15, 0.2) is 0 Å². The van der Waals surface area contributed by atoms with E-state index >= 15 is 0 Å². The van der Waals surface area contributed by atoms with Crippen molar-refractivity contribution in [3.63, 3.8) is 0 Å². The summed E-state index contributed by atoms with van der Waals surface area (Å²) in [5, 5.41) is 10.1. The van der Waals surface area contributed by atoms with Gasteiger partial charge in [-0.1, -0.05) is 26.0 Å². The molecule has 0 spiro atoms. The molecule has 1 amide bonds. The van der Waals surface area contributed by atoms with Crippen molar-refractivity contribution >= 4 is 17.5 Å². The number of nitrogens with zero attached hydrogens (tertiary/aromatic N) is 3. The average molecular weight is 412 g/mol. The fraction of sp³-hybridized carbons (Fsp3) is 0.480. The van der Waals surface area contributed by atoms with E-state index in [9.17, 15) is 9.90 Å². The Kier molecular flexibility index (Phi) is 8.88. The lowest BCUT2D eigenvalue weighted by atomic mass is 9.99. The van der Waals surface area contributed by atoms with Gasteiger partial charge in [-0.05, 0) is 100 Å². The lowest BCUT2D eigenvalue weighted by molar-refractivity contribution is 0.205. The molecule has 0 aromatic heterocycles. The van der Waals surface area contributed by atoms with Gasteiger partial charge in [-0.15, -0.1) is 0 Å². The monoisotopic (exact) mass is 411 g/mol. The molecule has 0 radical (unpaired) electrons. The minimum atomic E-state index is -0.958. The maximum atomic E-state index is 12.3. The number of hydrogen-bond donors (Lipinski definition) is 1. The molecule has 0 aliphatic heterocycles. The molecule has 0 atom stereocenters. The average Bonchev–Trinajstić information content (AvgIpc) is 2.70. The largest absolute Gasteiger partial charge is 0.464 e. The zero-order valence-corrected chi connectivity index (χ0v) is 19.4. The van der Waals surface area contributed by atoms with Gasteiger partial charge >= 0.3 is 6.09 Å². The Bertz CT molecular complexity index is 783. The van der Waals surface area contributed by atoms with Gasteiger partial charge < -0.3 is 14.9 Å². The maximum absolute atomic E-state index is 12.3. The maximum Gasteiger partial charge on any atom is 0.416 e. The van der Waals surface area contributed by atoms with Crippen molar-refractivity contribution in [1.82, 2.24) is 9.80 Å². The van der Waals surface area contributed by atoms with Gasteiger partial charge in [0.25, 0.3) is 0 Å². The van der Waals surface area contributed by atoms with E-state index < -0.39 is 6.09 Å². The van der Waals surface area contributed by atoms with Crippen LogP contribution in [0.2, 0.25) is 0 Å². The molecule has 30 heavy (non-hydrogen) atoms. The van der Waals surface area contributed by atoms with E-state index in [-0.39, 0.29) is 0 Å². The molecular weight excluding hydrogens is 374 g/mol. The van der Waals surface area contributed by atoms with E-state index in [2.05, 4.69) is 64.0 Å². The van der Waals surface area contributed by atoms with Crippen molar-refractivity contribution in [3.05, 3.63) is 58.7 Å². The molecule has 5 heteroatoms. The van der Waals surface area contributed by atoms with Gasteiger partial charge in [0, 0.05) is 13.1 Å². The van der Waals surface area contributed by atoms with Crippen LogP contribution in [0.5, 0.6) is 0 Å². The molecule has 5 nitrogen and oxygen atoms in total. The molecule has 0 unspecified atom stereocenters. The summed E-state index contributed by atoms with van der Waals surface area (Å²) in [4.78, 5) is 18.0. The van der Waals surface area contributed by atoms with E-state index in [1.807, 2.05) is 24.3 Å². The summed E-state index contributed by atoms with van der Waals surface area (Å²) < 4.78 is 0. The molecule has 2 rings (SSSR count). The standard InChI is InChI=1S/C25H37N3O2/c1-7-19-9-11-23(17-21(19)13-15-26(3)4)28(25(29)30)24-12-10-20(8-2)22(18-24)14-16-27(5)6/h9-12,17-18H,7-8,13-16H2,1-6H3,(H,29,30). The smallest absolute Gasteiger partial charge is 0.416 e. The summed E-state index contributed by atoms with van der Waals surface area (Å²) in [6.07, 6.45) is 2.73. The van der Waals surface area contributed by atoms with Gasteiger partial charge in [0.2, 0.25) is 0 Å². The summed E-state index contributed by atoms with van der Waals surface area (Å²) in [5.41, 5.74) is 6.39. The zero-order valence-electron chi connectivity index (χ0n) is 19.4. The van der Waals surface area contributed by atoms with Crippen LogP contribution in [0.4, 0.5) is 16.2 Å². The summed E-state index contributed by atoms with van der Waals surface area (Å²) >= 11 is 0. The highest BCUT2D eigenvalue weighted by Gasteiger charge is 2.19. The van der Waals surface area contributed by atoms with Crippen molar-refractivity contribution in [2.75, 3.05) is 46.2 Å². The van der Waals surface area contributed by atoms with Crippen LogP contribution in [-0.2, 0) is 25.7 Å². The highest BCUT2D eigenvalue weighted by molar-refractivity contribution is 5.95. The van der Waals surface area contributed by atoms with Crippen LogP contribution in [0.3, 0.4) is 0 Å². The number of carboxylic acid groups (broad SMARTS) is 1. The Hall–Kier alpha value is -2.37. The minimum absolute atomic E-state index is 0.705. The van der Waals surface area contributed by atoms with Crippen molar-refractivity contribution in [1.29, 1.82) is 0 Å². The van der Waals surface area contributed by atoms with E-state index in [0.717, 1.165) is 38.8 Å². The highest BCUT2D eigenvalue weighted by Crippen LogP contribution is 2.30. The SMILES string of the molecule is CCc1ccc(N(C(=O)O)c2ccc(CC)c(CCN(C)C)c2)cc1CCN(C)C. The Balaban J connectivity index is 2.45. The quantitative estimate of drug-likeness (QED) is 0.608. The number of anilines is 2. The first kappa shape index (κ1) is 23.9. The first-order valence-electron chi connectivity index (χ1n) is 10.8. The van der Waals surface area contributed by atoms with Crippen LogP contribution in [0.1, 0.15) is 36.1 Å². The summed E-state index contributed by atoms with van der Waals surface area (Å²) in [6, 6.07) is 12.1. The van der Waals surface area contributed by atoms with E-state index in [4.69, 9.17) is 0 Å². The molecule has 0 bridgehead atoms. The summed E-state index contributed by atoms with van der Waals surface area (Å²) in [5.74, 6) is 0. The first-order valence-corrected chi connectivity index (χ1v) is 10.8. The second kappa shape index (κ2) is 11.1. The second-order valence-corrected chi connectivity index (χ2v) is 8.34. The number of likely N-dealkylation sites (N-methyl/N-ethyl adjacent to an activating group) is 2. The third kappa shape index (κ3) is 6.31. The van der Waals surface area contributed by atoms with Crippen LogP contribution in [0.25, 0.3) is 0 Å². The first-order chi connectivity index (χ1) is 14.3. The molecule has 164 valence electrons. The molecule has 0 saturated heterocycles. The number of carbonyl (C=O) groups is 1. The van der Waals surface area contributed by atoms with Crippen LogP contribution in [0, 0.1) is 0 Å². The number of benzene rings is 2. The van der Waals surface area contributed by atoms with Crippen LogP contribution in [-0.4, -0.2) is 62.3 Å². The lowest BCUT2D eigenvalue weighted by Crippen LogP contribution is -2.24. The van der Waals surface area contributed by atoms with Gasteiger partial charge in [0.05, 0.1) is 11.4 Å². The topological polar surface area (TPSA) is 47.0 Å². The molecule has 0 heterocycles. The number of aryl methyl sites for hydroxylation is 2. The highest BCUT2D eigenvalue weighted by atomic mass is 16.4. The van der Waals surface area contributed by atoms with Gasteiger partial charge in [-0.25, -0.2) is 9.69 Å². The fourth-order valence-corrected chi connectivity index (χ4v) is 3.72. The molecule has 2 aromatic rings. The lowest BCUT2D eigenvalue weighted by Gasteiger charge is -2.23. The number of amides is 1. The minimum Gasteiger partial charge on any atom is -0.464 e. The van der Waals surface area contributed by atoms with Crippen LogP contribution in [0.15, 0.2) is 36.4 Å². The zero-order chi connectivity index (χ0) is 22.3. The van der Waals surface area contributed by atoms with Crippen LogP contribution < -0.4 is 4.90 Å². The molecule has 1 N–H and O–H groups in total. The van der Waals surface area contributed by atoms with Gasteiger partial charge in [-0.3, -0.25) is 0 Å². The van der Waals surface area contributed by atoms with E-state index in [1.165, 1.54) is 27.2 Å². The predicted octanol–water partition coefficient (Wildman–Crippen LogP) is 4.84. The Labute approximate surface area is 181 Å². The van der Waals surface area contributed by atoms with Crippen molar-refractivity contribution in [3.8, 4) is 0 Å². The fourth-order valence-electron chi connectivity index (χ4n) is 3.72. The summed E-state index contributed by atoms with van der Waals surface area (Å²) in [7, 11) is 8.24. The van der Waals surface area contributed by atoms with Gasteiger partial charge in [-0.2, -0.15) is 0 Å². The van der Waals surface area contributed by atoms with E-state index in [1.54, 1.807) is 0 Å². The third-order valence-electron chi connectivity index (χ3n) is 5.51. The van der Waals surface area contributed by atoms with Crippen molar-refractivity contribution in [2.24, 2.45) is 0 Å². The predicted molar refractivity (Wildman–Crippen MR) is 126 cm³/mol. The Morgan fingerprint density at radius 1 is 0.733 bits per heavy atom. The van der Waals surface area contributed by atoms with Crippen molar-refractivity contribution < 1.29 is 9.90 Å². The Morgan fingerprint density at radius 3 is 1.43 bits per heavy atom. The molecular formula is C25H37N3O2. The molecule has 0 aliphatic carbocycles. The number of rotatable bonds is 10.